The first-order chi connectivity index (χ1) is 8.81. The Morgan fingerprint density at radius 1 is 1.32 bits per heavy atom. The molecule has 0 atom stereocenters. The summed E-state index contributed by atoms with van der Waals surface area (Å²) in [6.07, 6.45) is 2.87. The summed E-state index contributed by atoms with van der Waals surface area (Å²) in [6, 6.07) is 8.49. The highest BCUT2D eigenvalue weighted by Gasteiger charge is 2.17. The normalized spacial score (nSPS) is 14.1. The average Bonchev–Trinajstić information content (AvgIpc) is 2.58. The number of thioether (sulfide) groups is 1. The monoisotopic (exact) mass is 337 g/mol. The van der Waals surface area contributed by atoms with Gasteiger partial charge in [-0.15, -0.1) is 28.7 Å². The minimum atomic E-state index is 0. The summed E-state index contributed by atoms with van der Waals surface area (Å²) in [7, 11) is 3.85. The Kier molecular flexibility index (Phi) is 4.47. The van der Waals surface area contributed by atoms with Crippen LogP contribution in [-0.4, -0.2) is 22.4 Å². The first kappa shape index (κ1) is 14.3. The van der Waals surface area contributed by atoms with Crippen LogP contribution in [0.3, 0.4) is 0 Å². The van der Waals surface area contributed by atoms with Gasteiger partial charge in [-0.25, -0.2) is 4.98 Å². The second-order valence-corrected chi connectivity index (χ2v) is 5.46. The SMILES string of the molecule is Br.CN=c1c2c(ncn1C)-c1ccccc1SCC2. The smallest absolute Gasteiger partial charge is 0.133 e. The number of hydrogen-bond donors (Lipinski definition) is 0. The zero-order chi connectivity index (χ0) is 12.5. The van der Waals surface area contributed by atoms with Crippen molar-refractivity contribution in [3.8, 4) is 11.3 Å². The van der Waals surface area contributed by atoms with E-state index in [0.29, 0.717) is 0 Å². The molecule has 0 N–H and O–H groups in total. The standard InChI is InChI=1S/C14H15N3S.BrH/c1-15-14-11-7-8-18-12-6-4-3-5-10(12)13(11)16-9-17(14)2;/h3-6,9H,7-8H2,1-2H3;1H. The number of nitrogens with zero attached hydrogens (tertiary/aromatic N) is 3. The van der Waals surface area contributed by atoms with E-state index in [0.717, 1.165) is 23.4 Å². The molecule has 100 valence electrons. The van der Waals surface area contributed by atoms with E-state index >= 15 is 0 Å². The van der Waals surface area contributed by atoms with Crippen molar-refractivity contribution >= 4 is 28.7 Å². The molecule has 0 bridgehead atoms. The highest BCUT2D eigenvalue weighted by molar-refractivity contribution is 8.93. The van der Waals surface area contributed by atoms with Crippen LogP contribution in [0.4, 0.5) is 0 Å². The average molecular weight is 338 g/mol. The lowest BCUT2D eigenvalue weighted by Crippen LogP contribution is -2.24. The van der Waals surface area contributed by atoms with Gasteiger partial charge in [0, 0.05) is 35.9 Å². The molecule has 1 aliphatic heterocycles. The van der Waals surface area contributed by atoms with Crippen molar-refractivity contribution in [1.29, 1.82) is 0 Å². The Morgan fingerprint density at radius 3 is 2.89 bits per heavy atom. The molecule has 0 fully saturated rings. The molecule has 19 heavy (non-hydrogen) atoms. The molecule has 0 saturated carbocycles. The Morgan fingerprint density at radius 2 is 2.11 bits per heavy atom. The first-order valence-corrected chi connectivity index (χ1v) is 6.99. The predicted molar refractivity (Wildman–Crippen MR) is 84.9 cm³/mol. The van der Waals surface area contributed by atoms with Gasteiger partial charge in [0.15, 0.2) is 0 Å². The van der Waals surface area contributed by atoms with E-state index in [-0.39, 0.29) is 17.0 Å². The maximum atomic E-state index is 4.62. The Balaban J connectivity index is 0.00000133. The summed E-state index contributed by atoms with van der Waals surface area (Å²) >= 11 is 1.90. The van der Waals surface area contributed by atoms with Gasteiger partial charge in [0.2, 0.25) is 0 Å². The minimum Gasteiger partial charge on any atom is -0.320 e. The summed E-state index contributed by atoms with van der Waals surface area (Å²) in [5.41, 5.74) is 4.63. The number of hydrogen-bond acceptors (Lipinski definition) is 3. The number of aromatic nitrogens is 2. The van der Waals surface area contributed by atoms with Gasteiger partial charge in [-0.05, 0) is 12.5 Å². The molecule has 1 aliphatic rings. The maximum Gasteiger partial charge on any atom is 0.133 e. The molecule has 1 aromatic heterocycles. The summed E-state index contributed by atoms with van der Waals surface area (Å²) in [4.78, 5) is 10.3. The summed E-state index contributed by atoms with van der Waals surface area (Å²) in [6.45, 7) is 0. The lowest BCUT2D eigenvalue weighted by molar-refractivity contribution is 0.775. The van der Waals surface area contributed by atoms with Crippen LogP contribution in [0.25, 0.3) is 11.3 Å². The van der Waals surface area contributed by atoms with Gasteiger partial charge in [0.25, 0.3) is 0 Å². The van der Waals surface area contributed by atoms with Gasteiger partial charge in [-0.3, -0.25) is 4.99 Å². The van der Waals surface area contributed by atoms with Crippen LogP contribution in [0.2, 0.25) is 0 Å². The molecule has 1 aromatic carbocycles. The van der Waals surface area contributed by atoms with Gasteiger partial charge in [0.1, 0.15) is 5.49 Å². The molecule has 2 aromatic rings. The first-order valence-electron chi connectivity index (χ1n) is 6.01. The van der Waals surface area contributed by atoms with Gasteiger partial charge in [-0.1, -0.05) is 18.2 Å². The van der Waals surface area contributed by atoms with Gasteiger partial charge in [-0.2, -0.15) is 0 Å². The third-order valence-electron chi connectivity index (χ3n) is 3.21. The van der Waals surface area contributed by atoms with Gasteiger partial charge >= 0.3 is 0 Å². The van der Waals surface area contributed by atoms with Crippen molar-refractivity contribution in [2.45, 2.75) is 11.3 Å². The summed E-state index contributed by atoms with van der Waals surface area (Å²) < 4.78 is 2.00. The van der Waals surface area contributed by atoms with Crippen LogP contribution in [0, 0.1) is 0 Å². The highest BCUT2D eigenvalue weighted by atomic mass is 79.9. The van der Waals surface area contributed by atoms with Crippen LogP contribution >= 0.6 is 28.7 Å². The largest absolute Gasteiger partial charge is 0.320 e. The van der Waals surface area contributed by atoms with Gasteiger partial charge < -0.3 is 4.57 Å². The van der Waals surface area contributed by atoms with E-state index in [1.54, 1.807) is 0 Å². The van der Waals surface area contributed by atoms with Crippen molar-refractivity contribution in [3.63, 3.8) is 0 Å². The number of halogens is 1. The molecular weight excluding hydrogens is 322 g/mol. The van der Waals surface area contributed by atoms with Gasteiger partial charge in [0.05, 0.1) is 12.0 Å². The Labute approximate surface area is 127 Å². The molecular formula is C14H16BrN3S. The van der Waals surface area contributed by atoms with Crippen molar-refractivity contribution < 1.29 is 0 Å². The third-order valence-corrected chi connectivity index (χ3v) is 4.29. The zero-order valence-electron chi connectivity index (χ0n) is 11.0. The molecule has 2 heterocycles. The second-order valence-electron chi connectivity index (χ2n) is 4.32. The molecule has 0 unspecified atom stereocenters. The molecule has 3 rings (SSSR count). The number of benzene rings is 1. The Bertz CT molecular complexity index is 664. The van der Waals surface area contributed by atoms with E-state index in [9.17, 15) is 0 Å². The summed E-state index contributed by atoms with van der Waals surface area (Å²) in [5, 5.41) is 0. The van der Waals surface area contributed by atoms with Crippen molar-refractivity contribution in [3.05, 3.63) is 41.6 Å². The maximum absolute atomic E-state index is 4.62. The fourth-order valence-electron chi connectivity index (χ4n) is 2.40. The fourth-order valence-corrected chi connectivity index (χ4v) is 3.42. The minimum absolute atomic E-state index is 0. The number of rotatable bonds is 0. The van der Waals surface area contributed by atoms with Crippen molar-refractivity contribution in [1.82, 2.24) is 9.55 Å². The molecule has 0 aliphatic carbocycles. The lowest BCUT2D eigenvalue weighted by atomic mass is 10.1. The number of aryl methyl sites for hydroxylation is 1. The molecule has 3 nitrogen and oxygen atoms in total. The summed E-state index contributed by atoms with van der Waals surface area (Å²) in [5.74, 6) is 1.08. The lowest BCUT2D eigenvalue weighted by Gasteiger charge is -2.10. The topological polar surface area (TPSA) is 30.2 Å². The highest BCUT2D eigenvalue weighted by Crippen LogP contribution is 2.34. The fraction of sp³-hybridized carbons (Fsp3) is 0.286. The third kappa shape index (κ3) is 2.49. The van der Waals surface area contributed by atoms with Crippen LogP contribution in [0.5, 0.6) is 0 Å². The Hall–Kier alpha value is -1.07. The second kappa shape index (κ2) is 5.92. The molecule has 0 spiro atoms. The van der Waals surface area contributed by atoms with Crippen molar-refractivity contribution in [2.24, 2.45) is 12.0 Å². The van der Waals surface area contributed by atoms with Crippen LogP contribution in [0.15, 0.2) is 40.5 Å². The van der Waals surface area contributed by atoms with E-state index in [1.165, 1.54) is 16.0 Å². The van der Waals surface area contributed by atoms with E-state index < -0.39 is 0 Å². The molecule has 0 radical (unpaired) electrons. The quantitative estimate of drug-likeness (QED) is 0.739. The van der Waals surface area contributed by atoms with E-state index in [4.69, 9.17) is 0 Å². The number of fused-ring (bicyclic) bond motifs is 3. The molecule has 5 heteroatoms. The molecule has 0 saturated heterocycles. The molecule has 0 amide bonds. The van der Waals surface area contributed by atoms with Crippen LogP contribution in [0.1, 0.15) is 5.56 Å². The van der Waals surface area contributed by atoms with E-state index in [2.05, 4.69) is 34.2 Å². The van der Waals surface area contributed by atoms with Crippen LogP contribution in [-0.2, 0) is 13.5 Å². The van der Waals surface area contributed by atoms with Crippen molar-refractivity contribution in [2.75, 3.05) is 12.8 Å². The predicted octanol–water partition coefficient (Wildman–Crippen LogP) is 2.84. The zero-order valence-corrected chi connectivity index (χ0v) is 13.5. The van der Waals surface area contributed by atoms with Crippen LogP contribution < -0.4 is 5.49 Å². The van der Waals surface area contributed by atoms with E-state index in [1.807, 2.05) is 36.8 Å².